The van der Waals surface area contributed by atoms with Gasteiger partial charge in [-0.15, -0.1) is 0 Å². The van der Waals surface area contributed by atoms with E-state index < -0.39 is 30.8 Å². The molecule has 0 aromatic heterocycles. The molecule has 0 radical (unpaired) electrons. The molecule has 1 amide bonds. The van der Waals surface area contributed by atoms with Crippen molar-refractivity contribution in [2.75, 3.05) is 25.0 Å². The molecular weight excluding hydrogens is 328 g/mol. The molecule has 5 nitrogen and oxygen atoms in total. The van der Waals surface area contributed by atoms with E-state index in [2.05, 4.69) is 29.4 Å². The third-order valence-corrected chi connectivity index (χ3v) is 4.52. The van der Waals surface area contributed by atoms with Gasteiger partial charge in [0, 0.05) is 31.7 Å². The van der Waals surface area contributed by atoms with Gasteiger partial charge in [-0.05, 0) is 31.5 Å². The summed E-state index contributed by atoms with van der Waals surface area (Å²) in [6, 6.07) is 6.70. The predicted molar refractivity (Wildman–Crippen MR) is 91.7 cm³/mol. The predicted octanol–water partition coefficient (Wildman–Crippen LogP) is 2.23. The number of hydrogen-bond donors (Lipinski definition) is 2. The SMILES string of the molecule is CC1CN(Cc2cccc(NC(=O)C3CC(F)(F)CN3)c2)CC(C)O1. The van der Waals surface area contributed by atoms with Crippen molar-refractivity contribution >= 4 is 11.6 Å². The minimum absolute atomic E-state index is 0.196. The minimum Gasteiger partial charge on any atom is -0.373 e. The number of amides is 1. The Hall–Kier alpha value is -1.57. The zero-order chi connectivity index (χ0) is 18.0. The van der Waals surface area contributed by atoms with Crippen LogP contribution in [0.15, 0.2) is 24.3 Å². The lowest BCUT2D eigenvalue weighted by molar-refractivity contribution is -0.118. The highest BCUT2D eigenvalue weighted by Crippen LogP contribution is 2.26. The van der Waals surface area contributed by atoms with E-state index in [1.807, 2.05) is 18.2 Å². The van der Waals surface area contributed by atoms with Crippen molar-refractivity contribution in [3.05, 3.63) is 29.8 Å². The van der Waals surface area contributed by atoms with Crippen LogP contribution in [0.3, 0.4) is 0 Å². The number of carbonyl (C=O) groups is 1. The van der Waals surface area contributed by atoms with Crippen LogP contribution in [0.25, 0.3) is 0 Å². The summed E-state index contributed by atoms with van der Waals surface area (Å²) < 4.78 is 32.2. The fraction of sp³-hybridized carbons (Fsp3) is 0.611. The number of halogens is 2. The van der Waals surface area contributed by atoms with E-state index in [4.69, 9.17) is 4.74 Å². The van der Waals surface area contributed by atoms with Gasteiger partial charge in [-0.2, -0.15) is 0 Å². The van der Waals surface area contributed by atoms with Gasteiger partial charge in [0.1, 0.15) is 0 Å². The van der Waals surface area contributed by atoms with Crippen LogP contribution >= 0.6 is 0 Å². The van der Waals surface area contributed by atoms with E-state index in [0.29, 0.717) is 5.69 Å². The highest BCUT2D eigenvalue weighted by Gasteiger charge is 2.42. The normalized spacial score (nSPS) is 29.5. The lowest BCUT2D eigenvalue weighted by Gasteiger charge is -2.35. The van der Waals surface area contributed by atoms with Crippen LogP contribution < -0.4 is 10.6 Å². The van der Waals surface area contributed by atoms with Gasteiger partial charge in [-0.3, -0.25) is 15.0 Å². The maximum Gasteiger partial charge on any atom is 0.262 e. The van der Waals surface area contributed by atoms with E-state index in [0.717, 1.165) is 25.2 Å². The average Bonchev–Trinajstić information content (AvgIpc) is 2.87. The topological polar surface area (TPSA) is 53.6 Å². The second kappa shape index (κ2) is 7.35. The molecule has 3 rings (SSSR count). The van der Waals surface area contributed by atoms with Gasteiger partial charge in [-0.1, -0.05) is 12.1 Å². The molecule has 0 bridgehead atoms. The fourth-order valence-electron chi connectivity index (χ4n) is 3.55. The van der Waals surface area contributed by atoms with Crippen molar-refractivity contribution in [2.24, 2.45) is 0 Å². The summed E-state index contributed by atoms with van der Waals surface area (Å²) in [4.78, 5) is 14.5. The Kier molecular flexibility index (Phi) is 5.36. The number of hydrogen-bond acceptors (Lipinski definition) is 4. The second-order valence-corrected chi connectivity index (χ2v) is 7.13. The summed E-state index contributed by atoms with van der Waals surface area (Å²) in [5, 5.41) is 5.31. The maximum absolute atomic E-state index is 13.2. The molecule has 3 unspecified atom stereocenters. The Labute approximate surface area is 146 Å². The first-order valence-corrected chi connectivity index (χ1v) is 8.69. The minimum atomic E-state index is -2.81. The van der Waals surface area contributed by atoms with Gasteiger partial charge >= 0.3 is 0 Å². The van der Waals surface area contributed by atoms with Crippen LogP contribution in [0.5, 0.6) is 0 Å². The Morgan fingerprint density at radius 3 is 2.72 bits per heavy atom. The quantitative estimate of drug-likeness (QED) is 0.872. The maximum atomic E-state index is 13.2. The number of nitrogens with zero attached hydrogens (tertiary/aromatic N) is 1. The number of carbonyl (C=O) groups excluding carboxylic acids is 1. The lowest BCUT2D eigenvalue weighted by Crippen LogP contribution is -2.44. The van der Waals surface area contributed by atoms with Crippen molar-refractivity contribution in [2.45, 2.75) is 51.0 Å². The standard InChI is InChI=1S/C18H25F2N3O2/c1-12-8-23(9-13(2)25-12)10-14-4-3-5-15(6-14)22-17(24)16-7-18(19,20)11-21-16/h3-6,12-13,16,21H,7-11H2,1-2H3,(H,22,24). The van der Waals surface area contributed by atoms with Gasteiger partial charge in [0.25, 0.3) is 5.92 Å². The van der Waals surface area contributed by atoms with E-state index in [1.54, 1.807) is 6.07 Å². The molecule has 2 N–H and O–H groups in total. The third kappa shape index (κ3) is 4.96. The van der Waals surface area contributed by atoms with Gasteiger partial charge in [0.05, 0.1) is 24.8 Å². The molecule has 25 heavy (non-hydrogen) atoms. The molecule has 2 fully saturated rings. The monoisotopic (exact) mass is 353 g/mol. The van der Waals surface area contributed by atoms with Crippen LogP contribution in [0.1, 0.15) is 25.8 Å². The molecule has 3 atom stereocenters. The van der Waals surface area contributed by atoms with Gasteiger partial charge in [0.2, 0.25) is 5.91 Å². The average molecular weight is 353 g/mol. The highest BCUT2D eigenvalue weighted by molar-refractivity contribution is 5.95. The number of alkyl halides is 2. The fourth-order valence-corrected chi connectivity index (χ4v) is 3.55. The van der Waals surface area contributed by atoms with Gasteiger partial charge in [0.15, 0.2) is 0 Å². The number of nitrogens with one attached hydrogen (secondary N) is 2. The number of ether oxygens (including phenoxy) is 1. The lowest BCUT2D eigenvalue weighted by atomic mass is 10.1. The van der Waals surface area contributed by atoms with Crippen LogP contribution in [0.2, 0.25) is 0 Å². The largest absolute Gasteiger partial charge is 0.373 e. The summed E-state index contributed by atoms with van der Waals surface area (Å²) in [5.41, 5.74) is 1.71. The number of benzene rings is 1. The zero-order valence-electron chi connectivity index (χ0n) is 14.6. The van der Waals surface area contributed by atoms with E-state index in [-0.39, 0.29) is 12.2 Å². The Morgan fingerprint density at radius 1 is 1.36 bits per heavy atom. The molecular formula is C18H25F2N3O2. The third-order valence-electron chi connectivity index (χ3n) is 4.52. The molecule has 0 spiro atoms. The van der Waals surface area contributed by atoms with Crippen molar-refractivity contribution in [3.63, 3.8) is 0 Å². The number of morpholine rings is 1. The summed E-state index contributed by atoms with van der Waals surface area (Å²) in [5.74, 6) is -3.23. The first-order valence-electron chi connectivity index (χ1n) is 8.69. The van der Waals surface area contributed by atoms with Crippen molar-refractivity contribution < 1.29 is 18.3 Å². The van der Waals surface area contributed by atoms with Gasteiger partial charge < -0.3 is 10.1 Å². The van der Waals surface area contributed by atoms with E-state index in [9.17, 15) is 13.6 Å². The molecule has 2 aliphatic rings. The molecule has 7 heteroatoms. The molecule has 0 aliphatic carbocycles. The molecule has 138 valence electrons. The first kappa shape index (κ1) is 18.2. The summed E-state index contributed by atoms with van der Waals surface area (Å²) >= 11 is 0. The number of rotatable bonds is 4. The Balaban J connectivity index is 1.59. The van der Waals surface area contributed by atoms with Crippen LogP contribution in [-0.4, -0.2) is 54.6 Å². The van der Waals surface area contributed by atoms with E-state index in [1.165, 1.54) is 0 Å². The van der Waals surface area contributed by atoms with Crippen LogP contribution in [0.4, 0.5) is 14.5 Å². The zero-order valence-corrected chi connectivity index (χ0v) is 14.6. The molecule has 1 aromatic rings. The summed E-state index contributed by atoms with van der Waals surface area (Å²) in [6.45, 7) is 6.16. The van der Waals surface area contributed by atoms with Crippen molar-refractivity contribution in [1.82, 2.24) is 10.2 Å². The molecule has 2 saturated heterocycles. The molecule has 2 aliphatic heterocycles. The van der Waals surface area contributed by atoms with Crippen LogP contribution in [-0.2, 0) is 16.1 Å². The second-order valence-electron chi connectivity index (χ2n) is 7.13. The Morgan fingerprint density at radius 2 is 2.08 bits per heavy atom. The molecule has 2 heterocycles. The van der Waals surface area contributed by atoms with Crippen molar-refractivity contribution in [1.29, 1.82) is 0 Å². The van der Waals surface area contributed by atoms with Gasteiger partial charge in [-0.25, -0.2) is 8.78 Å². The summed E-state index contributed by atoms with van der Waals surface area (Å²) in [6.07, 6.45) is -0.0642. The van der Waals surface area contributed by atoms with Crippen molar-refractivity contribution in [3.8, 4) is 0 Å². The smallest absolute Gasteiger partial charge is 0.262 e. The molecule has 0 saturated carbocycles. The van der Waals surface area contributed by atoms with E-state index >= 15 is 0 Å². The highest BCUT2D eigenvalue weighted by atomic mass is 19.3. The summed E-state index contributed by atoms with van der Waals surface area (Å²) in [7, 11) is 0. The van der Waals surface area contributed by atoms with Crippen LogP contribution in [0, 0.1) is 0 Å². The Bertz CT molecular complexity index is 616. The molecule has 1 aromatic carbocycles. The number of anilines is 1. The first-order chi connectivity index (χ1) is 11.8.